The second-order valence-electron chi connectivity index (χ2n) is 6.40. The number of hydrogen-bond acceptors (Lipinski definition) is 4. The van der Waals surface area contributed by atoms with Gasteiger partial charge in [0.05, 0.1) is 12.6 Å². The van der Waals surface area contributed by atoms with Gasteiger partial charge in [0.25, 0.3) is 5.91 Å². The Morgan fingerprint density at radius 2 is 1.79 bits per heavy atom. The van der Waals surface area contributed by atoms with Crippen LogP contribution in [0.25, 0.3) is 0 Å². The molecule has 5 nitrogen and oxygen atoms in total. The predicted octanol–water partition coefficient (Wildman–Crippen LogP) is 4.03. The van der Waals surface area contributed by atoms with Crippen LogP contribution < -0.4 is 14.8 Å². The molecule has 0 fully saturated rings. The van der Waals surface area contributed by atoms with Gasteiger partial charge in [0, 0.05) is 5.56 Å². The molecule has 1 heterocycles. The number of carbonyl (C=O) groups is 1. The van der Waals surface area contributed by atoms with E-state index in [0.717, 1.165) is 5.56 Å². The Balaban J connectivity index is 1.56. The lowest BCUT2D eigenvalue weighted by Crippen LogP contribution is -2.26. The van der Waals surface area contributed by atoms with E-state index in [9.17, 15) is 18.0 Å². The maximum Gasteiger partial charge on any atom is 0.411 e. The van der Waals surface area contributed by atoms with Crippen LogP contribution in [-0.2, 0) is 11.3 Å². The molecule has 28 heavy (non-hydrogen) atoms. The highest BCUT2D eigenvalue weighted by atomic mass is 19.4. The van der Waals surface area contributed by atoms with Crippen LogP contribution in [0.4, 0.5) is 13.2 Å². The van der Waals surface area contributed by atoms with Gasteiger partial charge in [-0.1, -0.05) is 18.2 Å². The number of rotatable bonds is 6. The van der Waals surface area contributed by atoms with Gasteiger partial charge in [-0.2, -0.15) is 13.2 Å². The summed E-state index contributed by atoms with van der Waals surface area (Å²) in [5, 5.41) is 2.89. The lowest BCUT2D eigenvalue weighted by molar-refractivity contribution is -0.176. The van der Waals surface area contributed by atoms with Crippen molar-refractivity contribution in [3.63, 3.8) is 0 Å². The van der Waals surface area contributed by atoms with Crippen molar-refractivity contribution in [1.29, 1.82) is 0 Å². The molecule has 0 aromatic heterocycles. The molecule has 8 heteroatoms. The molecule has 1 atom stereocenters. The number of hydrogen-bond donors (Lipinski definition) is 1. The van der Waals surface area contributed by atoms with Crippen LogP contribution in [0.2, 0.25) is 0 Å². The molecule has 0 bridgehead atoms. The van der Waals surface area contributed by atoms with Gasteiger partial charge in [-0.25, -0.2) is 0 Å². The number of alkyl halides is 3. The first-order valence-electron chi connectivity index (χ1n) is 8.76. The fraction of sp³-hybridized carbons (Fsp3) is 0.350. The Morgan fingerprint density at radius 3 is 2.46 bits per heavy atom. The normalized spacial score (nSPS) is 14.4. The van der Waals surface area contributed by atoms with Crippen molar-refractivity contribution in [3.05, 3.63) is 59.2 Å². The van der Waals surface area contributed by atoms with E-state index in [1.807, 2.05) is 25.1 Å². The minimum Gasteiger partial charge on any atom is -0.486 e. The van der Waals surface area contributed by atoms with Crippen molar-refractivity contribution < 1.29 is 32.2 Å². The van der Waals surface area contributed by atoms with Gasteiger partial charge in [0.1, 0.15) is 19.8 Å². The van der Waals surface area contributed by atoms with Crippen LogP contribution in [0, 0.1) is 0 Å². The molecular weight excluding hydrogens is 375 g/mol. The third-order valence-corrected chi connectivity index (χ3v) is 4.16. The van der Waals surface area contributed by atoms with Gasteiger partial charge in [0.15, 0.2) is 11.5 Å². The zero-order valence-corrected chi connectivity index (χ0v) is 15.2. The Bertz CT molecular complexity index is 821. The standard InChI is InChI=1S/C20H20F3NO4/c1-13(16-6-7-17-18(10-16)28-9-8-27-17)24-19(25)15-4-2-14(3-5-15)11-26-12-20(21,22)23/h2-7,10,13H,8-9,11-12H2,1H3,(H,24,25). The van der Waals surface area contributed by atoms with E-state index < -0.39 is 12.8 Å². The minimum atomic E-state index is -4.36. The Labute approximate surface area is 160 Å². The molecule has 0 aliphatic carbocycles. The summed E-state index contributed by atoms with van der Waals surface area (Å²) in [6, 6.07) is 11.5. The highest BCUT2D eigenvalue weighted by Crippen LogP contribution is 2.32. The topological polar surface area (TPSA) is 56.8 Å². The summed E-state index contributed by atoms with van der Waals surface area (Å²) in [6.45, 7) is 1.37. The van der Waals surface area contributed by atoms with Crippen molar-refractivity contribution in [1.82, 2.24) is 5.32 Å². The molecular formula is C20H20F3NO4. The van der Waals surface area contributed by atoms with Crippen molar-refractivity contribution in [3.8, 4) is 11.5 Å². The smallest absolute Gasteiger partial charge is 0.411 e. The van der Waals surface area contributed by atoms with Crippen molar-refractivity contribution in [2.45, 2.75) is 25.7 Å². The van der Waals surface area contributed by atoms with Gasteiger partial charge < -0.3 is 19.5 Å². The average Bonchev–Trinajstić information content (AvgIpc) is 2.67. The van der Waals surface area contributed by atoms with E-state index in [4.69, 9.17) is 9.47 Å². The molecule has 2 aromatic rings. The molecule has 0 radical (unpaired) electrons. The molecule has 0 spiro atoms. The molecule has 1 amide bonds. The number of halogens is 3. The minimum absolute atomic E-state index is 0.172. The summed E-state index contributed by atoms with van der Waals surface area (Å²) < 4.78 is 51.9. The number of ether oxygens (including phenoxy) is 3. The zero-order valence-electron chi connectivity index (χ0n) is 15.2. The number of carbonyl (C=O) groups excluding carboxylic acids is 1. The quantitative estimate of drug-likeness (QED) is 0.803. The lowest BCUT2D eigenvalue weighted by Gasteiger charge is -2.21. The van der Waals surface area contributed by atoms with Crippen LogP contribution in [0.15, 0.2) is 42.5 Å². The van der Waals surface area contributed by atoms with E-state index in [0.29, 0.717) is 35.8 Å². The summed E-state index contributed by atoms with van der Waals surface area (Å²) >= 11 is 0. The van der Waals surface area contributed by atoms with E-state index in [2.05, 4.69) is 10.1 Å². The Kier molecular flexibility index (Phi) is 6.08. The van der Waals surface area contributed by atoms with Crippen LogP contribution in [0.3, 0.4) is 0 Å². The summed E-state index contributed by atoms with van der Waals surface area (Å²) in [5.74, 6) is 1.04. The third kappa shape index (κ3) is 5.39. The Hall–Kier alpha value is -2.74. The summed E-state index contributed by atoms with van der Waals surface area (Å²) in [7, 11) is 0. The van der Waals surface area contributed by atoms with Gasteiger partial charge >= 0.3 is 6.18 Å². The number of amides is 1. The van der Waals surface area contributed by atoms with Gasteiger partial charge in [-0.05, 0) is 42.3 Å². The maximum absolute atomic E-state index is 12.4. The molecule has 0 saturated carbocycles. The molecule has 1 N–H and O–H groups in total. The van der Waals surface area contributed by atoms with E-state index >= 15 is 0 Å². The van der Waals surface area contributed by atoms with Crippen LogP contribution in [-0.4, -0.2) is 31.9 Å². The summed E-state index contributed by atoms with van der Waals surface area (Å²) in [4.78, 5) is 12.4. The number of nitrogens with one attached hydrogen (secondary N) is 1. The zero-order chi connectivity index (χ0) is 20.1. The molecule has 1 unspecified atom stereocenters. The van der Waals surface area contributed by atoms with Crippen LogP contribution >= 0.6 is 0 Å². The molecule has 1 aliphatic rings. The van der Waals surface area contributed by atoms with Gasteiger partial charge in [-0.3, -0.25) is 4.79 Å². The fourth-order valence-corrected chi connectivity index (χ4v) is 2.73. The molecule has 150 valence electrons. The van der Waals surface area contributed by atoms with Gasteiger partial charge in [-0.15, -0.1) is 0 Å². The highest BCUT2D eigenvalue weighted by Gasteiger charge is 2.27. The van der Waals surface area contributed by atoms with E-state index in [-0.39, 0.29) is 18.6 Å². The van der Waals surface area contributed by atoms with E-state index in [1.54, 1.807) is 24.3 Å². The predicted molar refractivity (Wildman–Crippen MR) is 95.5 cm³/mol. The number of fused-ring (bicyclic) bond motifs is 1. The first-order chi connectivity index (χ1) is 13.3. The second kappa shape index (κ2) is 8.52. The summed E-state index contributed by atoms with van der Waals surface area (Å²) in [6.07, 6.45) is -4.36. The Morgan fingerprint density at radius 1 is 1.11 bits per heavy atom. The molecule has 1 aliphatic heterocycles. The SMILES string of the molecule is CC(NC(=O)c1ccc(COCC(F)(F)F)cc1)c1ccc2c(c1)OCCO2. The second-order valence-corrected chi connectivity index (χ2v) is 6.40. The maximum atomic E-state index is 12.4. The average molecular weight is 395 g/mol. The molecule has 2 aromatic carbocycles. The highest BCUT2D eigenvalue weighted by molar-refractivity contribution is 5.94. The monoisotopic (exact) mass is 395 g/mol. The van der Waals surface area contributed by atoms with Gasteiger partial charge in [0.2, 0.25) is 0 Å². The fourth-order valence-electron chi connectivity index (χ4n) is 2.73. The van der Waals surface area contributed by atoms with Crippen LogP contribution in [0.1, 0.15) is 34.5 Å². The van der Waals surface area contributed by atoms with Crippen LogP contribution in [0.5, 0.6) is 11.5 Å². The first kappa shape index (κ1) is 20.0. The number of benzene rings is 2. The molecule has 3 rings (SSSR count). The van der Waals surface area contributed by atoms with Crippen molar-refractivity contribution in [2.24, 2.45) is 0 Å². The largest absolute Gasteiger partial charge is 0.486 e. The summed E-state index contributed by atoms with van der Waals surface area (Å²) in [5.41, 5.74) is 1.83. The van der Waals surface area contributed by atoms with Crippen molar-refractivity contribution >= 4 is 5.91 Å². The van der Waals surface area contributed by atoms with Crippen molar-refractivity contribution in [2.75, 3.05) is 19.8 Å². The third-order valence-electron chi connectivity index (χ3n) is 4.16. The van der Waals surface area contributed by atoms with E-state index in [1.165, 1.54) is 0 Å². The first-order valence-corrected chi connectivity index (χ1v) is 8.76. The lowest BCUT2D eigenvalue weighted by atomic mass is 10.1. The molecule has 0 saturated heterocycles.